The van der Waals surface area contributed by atoms with Crippen LogP contribution in [0.15, 0.2) is 66.0 Å². The molecule has 32 heavy (non-hydrogen) atoms. The topological polar surface area (TPSA) is 72.0 Å². The molecule has 0 bridgehead atoms. The van der Waals surface area contributed by atoms with Crippen molar-refractivity contribution in [3.63, 3.8) is 0 Å². The highest BCUT2D eigenvalue weighted by atomic mass is 32.2. The van der Waals surface area contributed by atoms with E-state index in [9.17, 15) is 9.18 Å². The standard InChI is InChI=1S/C23H25FN6OS/c1-2-15-3-9-18(10-4-15)25-21(31)14-32-23-27-26-22-20-13-19(16-5-7-17(24)8-6-16)28-30(20)12-11-29(22)23/h3-12,19-20,22,26,28H,2,13-14H2,1H3,(H,25,31). The molecular weight excluding hydrogens is 427 g/mol. The monoisotopic (exact) mass is 452 g/mol. The Morgan fingerprint density at radius 1 is 1.19 bits per heavy atom. The van der Waals surface area contributed by atoms with Gasteiger partial charge in [-0.25, -0.2) is 9.82 Å². The van der Waals surface area contributed by atoms with Crippen molar-refractivity contribution in [3.05, 3.63) is 77.9 Å². The maximum atomic E-state index is 13.3. The fraction of sp³-hybridized carbons (Fsp3) is 0.304. The quantitative estimate of drug-likeness (QED) is 0.646. The van der Waals surface area contributed by atoms with Crippen molar-refractivity contribution in [2.75, 3.05) is 11.1 Å². The number of amidine groups is 1. The summed E-state index contributed by atoms with van der Waals surface area (Å²) in [6, 6.07) is 14.8. The lowest BCUT2D eigenvalue weighted by molar-refractivity contribution is -0.113. The number of anilines is 1. The van der Waals surface area contributed by atoms with E-state index in [1.807, 2.05) is 48.8 Å². The first kappa shape index (κ1) is 20.8. The Morgan fingerprint density at radius 2 is 1.97 bits per heavy atom. The molecule has 3 unspecified atom stereocenters. The van der Waals surface area contributed by atoms with E-state index in [-0.39, 0.29) is 35.7 Å². The lowest BCUT2D eigenvalue weighted by atomic mass is 10.00. The van der Waals surface area contributed by atoms with Gasteiger partial charge in [0.15, 0.2) is 5.17 Å². The van der Waals surface area contributed by atoms with Crippen molar-refractivity contribution in [1.29, 1.82) is 0 Å². The van der Waals surface area contributed by atoms with E-state index >= 15 is 0 Å². The van der Waals surface area contributed by atoms with E-state index < -0.39 is 0 Å². The summed E-state index contributed by atoms with van der Waals surface area (Å²) in [6.45, 7) is 2.10. The van der Waals surface area contributed by atoms with Crippen LogP contribution >= 0.6 is 11.8 Å². The summed E-state index contributed by atoms with van der Waals surface area (Å²) in [5.74, 6) is -0.0187. The third-order valence-corrected chi connectivity index (χ3v) is 6.92. The minimum atomic E-state index is -0.231. The summed E-state index contributed by atoms with van der Waals surface area (Å²) >= 11 is 1.41. The highest BCUT2D eigenvalue weighted by Gasteiger charge is 2.44. The fourth-order valence-electron chi connectivity index (χ4n) is 4.21. The van der Waals surface area contributed by atoms with Crippen molar-refractivity contribution in [2.24, 2.45) is 5.10 Å². The van der Waals surface area contributed by atoms with E-state index in [4.69, 9.17) is 0 Å². The van der Waals surface area contributed by atoms with Gasteiger partial charge in [-0.05, 0) is 48.2 Å². The van der Waals surface area contributed by atoms with Crippen LogP contribution in [0.1, 0.15) is 30.5 Å². The molecule has 0 aromatic heterocycles. The van der Waals surface area contributed by atoms with Crippen LogP contribution < -0.4 is 16.2 Å². The minimum absolute atomic E-state index is 0.0231. The van der Waals surface area contributed by atoms with Crippen LogP contribution in [-0.2, 0) is 11.2 Å². The second-order valence-electron chi connectivity index (χ2n) is 8.00. The first-order valence-electron chi connectivity index (χ1n) is 10.7. The van der Waals surface area contributed by atoms with Crippen molar-refractivity contribution in [2.45, 2.75) is 38.0 Å². The molecule has 3 N–H and O–H groups in total. The van der Waals surface area contributed by atoms with Gasteiger partial charge in [0.1, 0.15) is 12.0 Å². The first-order chi connectivity index (χ1) is 15.6. The summed E-state index contributed by atoms with van der Waals surface area (Å²) in [4.78, 5) is 14.5. The molecule has 5 rings (SSSR count). The van der Waals surface area contributed by atoms with Gasteiger partial charge in [0.25, 0.3) is 0 Å². The zero-order valence-electron chi connectivity index (χ0n) is 17.7. The molecular formula is C23H25FN6OS. The molecule has 3 heterocycles. The van der Waals surface area contributed by atoms with Gasteiger partial charge in [0.05, 0.1) is 17.8 Å². The number of hydrazine groups is 1. The average molecular weight is 453 g/mol. The molecule has 0 saturated carbocycles. The number of thioether (sulfide) groups is 1. The maximum Gasteiger partial charge on any atom is 0.234 e. The number of hydrazone groups is 1. The molecule has 2 aromatic rings. The van der Waals surface area contributed by atoms with Gasteiger partial charge in [-0.15, -0.1) is 0 Å². The van der Waals surface area contributed by atoms with E-state index in [0.717, 1.165) is 29.3 Å². The number of aryl methyl sites for hydroxylation is 1. The van der Waals surface area contributed by atoms with Crippen molar-refractivity contribution in [1.82, 2.24) is 20.8 Å². The number of hydrogen-bond acceptors (Lipinski definition) is 7. The number of benzene rings is 2. The highest BCUT2D eigenvalue weighted by Crippen LogP contribution is 2.35. The number of rotatable bonds is 5. The van der Waals surface area contributed by atoms with Crippen LogP contribution in [0.5, 0.6) is 0 Å². The van der Waals surface area contributed by atoms with Crippen molar-refractivity contribution in [3.8, 4) is 0 Å². The maximum absolute atomic E-state index is 13.3. The average Bonchev–Trinajstić information content (AvgIpc) is 3.42. The lowest BCUT2D eigenvalue weighted by Gasteiger charge is -2.36. The van der Waals surface area contributed by atoms with Crippen molar-refractivity contribution >= 4 is 28.5 Å². The SMILES string of the molecule is CCc1ccc(NC(=O)CSC2=NNC3C4CC(c5ccc(F)cc5)NN4C=CN23)cc1. The largest absolute Gasteiger partial charge is 0.325 e. The van der Waals surface area contributed by atoms with Crippen LogP contribution in [0.25, 0.3) is 0 Å². The normalized spacial score (nSPS) is 23.4. The van der Waals surface area contributed by atoms with E-state index in [1.165, 1.54) is 29.5 Å². The summed E-state index contributed by atoms with van der Waals surface area (Å²) in [7, 11) is 0. The van der Waals surface area contributed by atoms with E-state index in [2.05, 4.69) is 38.1 Å². The van der Waals surface area contributed by atoms with Gasteiger partial charge in [-0.1, -0.05) is 43.0 Å². The zero-order chi connectivity index (χ0) is 22.1. The molecule has 7 nitrogen and oxygen atoms in total. The molecule has 0 radical (unpaired) electrons. The Labute approximate surface area is 190 Å². The second kappa shape index (κ2) is 8.84. The van der Waals surface area contributed by atoms with Crippen LogP contribution in [0.2, 0.25) is 0 Å². The van der Waals surface area contributed by atoms with Gasteiger partial charge < -0.3 is 15.2 Å². The van der Waals surface area contributed by atoms with Crippen LogP contribution in [0.3, 0.4) is 0 Å². The molecule has 166 valence electrons. The molecule has 9 heteroatoms. The molecule has 1 amide bonds. The van der Waals surface area contributed by atoms with E-state index in [1.54, 1.807) is 0 Å². The van der Waals surface area contributed by atoms with Gasteiger partial charge in [0, 0.05) is 18.1 Å². The van der Waals surface area contributed by atoms with Gasteiger partial charge >= 0.3 is 0 Å². The van der Waals surface area contributed by atoms with Crippen LogP contribution in [-0.4, -0.2) is 38.9 Å². The van der Waals surface area contributed by atoms with Gasteiger partial charge in [-0.3, -0.25) is 10.2 Å². The fourth-order valence-corrected chi connectivity index (χ4v) is 4.99. The number of nitrogens with one attached hydrogen (secondary N) is 3. The third-order valence-electron chi connectivity index (χ3n) is 5.96. The predicted molar refractivity (Wildman–Crippen MR) is 125 cm³/mol. The number of halogens is 1. The van der Waals surface area contributed by atoms with Gasteiger partial charge in [0.2, 0.25) is 5.91 Å². The number of nitrogens with zero attached hydrogens (tertiary/aromatic N) is 3. The summed E-state index contributed by atoms with van der Waals surface area (Å²) in [6.07, 6.45) is 5.76. The molecule has 2 aromatic carbocycles. The molecule has 3 atom stereocenters. The Morgan fingerprint density at radius 3 is 2.72 bits per heavy atom. The molecule has 3 aliphatic heterocycles. The van der Waals surface area contributed by atoms with Crippen molar-refractivity contribution < 1.29 is 9.18 Å². The number of carbonyl (C=O) groups excluding carboxylic acids is 1. The summed E-state index contributed by atoms with van der Waals surface area (Å²) < 4.78 is 13.3. The smallest absolute Gasteiger partial charge is 0.234 e. The molecule has 3 aliphatic rings. The minimum Gasteiger partial charge on any atom is -0.325 e. The summed E-state index contributed by atoms with van der Waals surface area (Å²) in [5.41, 5.74) is 9.79. The Balaban J connectivity index is 1.16. The predicted octanol–water partition coefficient (Wildman–Crippen LogP) is 3.37. The second-order valence-corrected chi connectivity index (χ2v) is 8.95. The molecule has 1 saturated heterocycles. The Hall–Kier alpha value is -3.04. The third kappa shape index (κ3) is 4.18. The molecule has 0 spiro atoms. The molecule has 1 fully saturated rings. The number of fused-ring (bicyclic) bond motifs is 3. The Bertz CT molecular complexity index is 1040. The first-order valence-corrected chi connectivity index (χ1v) is 11.7. The summed E-state index contributed by atoms with van der Waals surface area (Å²) in [5, 5.41) is 10.3. The zero-order valence-corrected chi connectivity index (χ0v) is 18.5. The van der Waals surface area contributed by atoms with E-state index in [0.29, 0.717) is 0 Å². The highest BCUT2D eigenvalue weighted by molar-refractivity contribution is 8.14. The Kier molecular flexibility index (Phi) is 5.75. The van der Waals surface area contributed by atoms with Crippen LogP contribution in [0.4, 0.5) is 10.1 Å². The number of carbonyl (C=O) groups is 1. The number of amides is 1. The number of hydrogen-bond donors (Lipinski definition) is 3. The van der Waals surface area contributed by atoms with Crippen LogP contribution in [0, 0.1) is 5.82 Å². The molecule has 0 aliphatic carbocycles. The lowest BCUT2D eigenvalue weighted by Crippen LogP contribution is -2.54. The van der Waals surface area contributed by atoms with Gasteiger partial charge in [-0.2, -0.15) is 5.10 Å².